The van der Waals surface area contributed by atoms with Gasteiger partial charge in [-0.25, -0.2) is 0 Å². The molecule has 184 valence electrons. The summed E-state index contributed by atoms with van der Waals surface area (Å²) in [7, 11) is 0. The average Bonchev–Trinajstić information content (AvgIpc) is 3.28. The topological polar surface area (TPSA) is 32.7 Å². The third kappa shape index (κ3) is 3.95. The van der Waals surface area contributed by atoms with Crippen LogP contribution in [0.2, 0.25) is 0 Å². The van der Waals surface area contributed by atoms with Crippen molar-refractivity contribution >= 4 is 21.5 Å². The van der Waals surface area contributed by atoms with Gasteiger partial charge < -0.3 is 9.84 Å². The van der Waals surface area contributed by atoms with E-state index in [1.54, 1.807) is 6.07 Å². The van der Waals surface area contributed by atoms with Crippen LogP contribution in [0.25, 0.3) is 32.7 Å². The molecule has 0 aromatic heterocycles. The van der Waals surface area contributed by atoms with Crippen LogP contribution in [0.3, 0.4) is 0 Å². The lowest BCUT2D eigenvalue weighted by Crippen LogP contribution is -2.33. The van der Waals surface area contributed by atoms with Crippen molar-refractivity contribution in [2.24, 2.45) is 0 Å². The first kappa shape index (κ1) is 22.4. The van der Waals surface area contributed by atoms with Crippen molar-refractivity contribution in [3.05, 3.63) is 108 Å². The Morgan fingerprint density at radius 3 is 2.41 bits per heavy atom. The molecule has 0 amide bonds. The minimum atomic E-state index is 0.150. The van der Waals surface area contributed by atoms with Crippen LogP contribution in [0.4, 0.5) is 0 Å². The molecule has 0 spiro atoms. The summed E-state index contributed by atoms with van der Waals surface area (Å²) in [5, 5.41) is 14.9. The molecule has 0 bridgehead atoms. The van der Waals surface area contributed by atoms with Crippen LogP contribution in [0.15, 0.2) is 91.0 Å². The van der Waals surface area contributed by atoms with E-state index in [4.69, 9.17) is 4.74 Å². The third-order valence-electron chi connectivity index (χ3n) is 8.21. The van der Waals surface area contributed by atoms with E-state index in [0.29, 0.717) is 5.75 Å². The first-order valence-electron chi connectivity index (χ1n) is 13.5. The summed E-state index contributed by atoms with van der Waals surface area (Å²) in [5.74, 6) is 1.39. The van der Waals surface area contributed by atoms with Crippen molar-refractivity contribution in [2.45, 2.75) is 25.2 Å². The average molecular weight is 486 g/mol. The molecule has 1 aliphatic carbocycles. The van der Waals surface area contributed by atoms with Gasteiger partial charge in [0.25, 0.3) is 0 Å². The highest BCUT2D eigenvalue weighted by Crippen LogP contribution is 2.52. The number of likely N-dealkylation sites (tertiary alicyclic amines) is 1. The summed E-state index contributed by atoms with van der Waals surface area (Å²) >= 11 is 0. The lowest BCUT2D eigenvalue weighted by Gasteiger charge is -2.26. The molecule has 1 unspecified atom stereocenters. The van der Waals surface area contributed by atoms with E-state index in [1.165, 1.54) is 76.3 Å². The molecule has 0 radical (unpaired) electrons. The number of nitrogens with zero attached hydrogens (tertiary/aromatic N) is 1. The number of hydrogen-bond donors (Lipinski definition) is 1. The van der Waals surface area contributed by atoms with Gasteiger partial charge in [-0.2, -0.15) is 0 Å². The smallest absolute Gasteiger partial charge is 0.119 e. The molecule has 5 aromatic rings. The molecule has 5 aromatic carbocycles. The first-order valence-corrected chi connectivity index (χ1v) is 13.5. The number of phenols is 1. The zero-order valence-electron chi connectivity index (χ0n) is 21.0. The highest BCUT2D eigenvalue weighted by atomic mass is 16.5. The predicted octanol–water partition coefficient (Wildman–Crippen LogP) is 7.72. The summed E-state index contributed by atoms with van der Waals surface area (Å²) in [6.07, 6.45) is 3.98. The van der Waals surface area contributed by atoms with Gasteiger partial charge >= 0.3 is 0 Å². The minimum absolute atomic E-state index is 0.150. The van der Waals surface area contributed by atoms with Crippen LogP contribution in [0.1, 0.15) is 41.9 Å². The second kappa shape index (κ2) is 9.24. The van der Waals surface area contributed by atoms with Crippen molar-refractivity contribution in [1.82, 2.24) is 4.90 Å². The minimum Gasteiger partial charge on any atom is -0.508 e. The Kier molecular flexibility index (Phi) is 5.59. The first-order chi connectivity index (χ1) is 18.3. The summed E-state index contributed by atoms with van der Waals surface area (Å²) in [6.45, 7) is 4.13. The van der Waals surface area contributed by atoms with E-state index in [-0.39, 0.29) is 5.92 Å². The Morgan fingerprint density at radius 2 is 1.54 bits per heavy atom. The predicted molar refractivity (Wildman–Crippen MR) is 152 cm³/mol. The van der Waals surface area contributed by atoms with Gasteiger partial charge in [0.2, 0.25) is 0 Å². The molecule has 7 rings (SSSR count). The maximum atomic E-state index is 10.1. The van der Waals surface area contributed by atoms with Gasteiger partial charge in [-0.3, -0.25) is 4.90 Å². The fourth-order valence-electron chi connectivity index (χ4n) is 6.43. The van der Waals surface area contributed by atoms with Gasteiger partial charge in [0, 0.05) is 12.5 Å². The van der Waals surface area contributed by atoms with Gasteiger partial charge in [0.05, 0.1) is 0 Å². The fraction of sp³-hybridized carbons (Fsp3) is 0.235. The van der Waals surface area contributed by atoms with E-state index >= 15 is 0 Å². The number of fused-ring (bicyclic) bond motifs is 7. The van der Waals surface area contributed by atoms with Crippen molar-refractivity contribution in [1.29, 1.82) is 0 Å². The van der Waals surface area contributed by atoms with Crippen LogP contribution in [0, 0.1) is 0 Å². The Bertz CT molecular complexity index is 1600. The van der Waals surface area contributed by atoms with Crippen LogP contribution >= 0.6 is 0 Å². The standard InChI is InChI=1S/C34H31NO2/c36-26-13-17-28-25(22-26)9-8-23-12-16-31-29-6-2-3-7-30(29)33(34(31)32(23)28)24-10-14-27(15-11-24)37-21-20-35-18-4-1-5-19-35/h2-3,6-17,22,33,36H,1,4-5,18-21H2. The molecular weight excluding hydrogens is 454 g/mol. The van der Waals surface area contributed by atoms with Crippen molar-refractivity contribution < 1.29 is 9.84 Å². The third-order valence-corrected chi connectivity index (χ3v) is 8.21. The van der Waals surface area contributed by atoms with Gasteiger partial charge in [-0.05, 0) is 99.6 Å². The number of ether oxygens (including phenoxy) is 1. The van der Waals surface area contributed by atoms with Crippen molar-refractivity contribution in [2.75, 3.05) is 26.2 Å². The molecule has 1 saturated heterocycles. The normalized spacial score (nSPS) is 17.1. The molecule has 3 nitrogen and oxygen atoms in total. The number of aromatic hydroxyl groups is 1. The summed E-state index contributed by atoms with van der Waals surface area (Å²) in [4.78, 5) is 2.51. The van der Waals surface area contributed by atoms with Gasteiger partial charge in [0.15, 0.2) is 0 Å². The number of rotatable bonds is 5. The monoisotopic (exact) mass is 485 g/mol. The molecule has 1 fully saturated rings. The number of benzene rings is 5. The Balaban J connectivity index is 1.28. The van der Waals surface area contributed by atoms with Gasteiger partial charge in [0.1, 0.15) is 18.1 Å². The fourth-order valence-corrected chi connectivity index (χ4v) is 6.43. The molecule has 3 heteroatoms. The van der Waals surface area contributed by atoms with E-state index in [2.05, 4.69) is 83.8 Å². The molecule has 37 heavy (non-hydrogen) atoms. The highest BCUT2D eigenvalue weighted by molar-refractivity contribution is 6.13. The van der Waals surface area contributed by atoms with Crippen molar-refractivity contribution in [3.8, 4) is 22.6 Å². The van der Waals surface area contributed by atoms with E-state index in [0.717, 1.165) is 24.3 Å². The molecule has 2 aliphatic rings. The molecular formula is C34H31NO2. The summed E-state index contributed by atoms with van der Waals surface area (Å²) in [6, 6.07) is 32.1. The number of piperidine rings is 1. The lowest BCUT2D eigenvalue weighted by atomic mass is 9.85. The molecule has 1 aliphatic heterocycles. The molecule has 0 saturated carbocycles. The quantitative estimate of drug-likeness (QED) is 0.254. The number of hydrogen-bond acceptors (Lipinski definition) is 3. The SMILES string of the molecule is Oc1ccc2c(ccc3ccc4c(c32)C(c2ccc(OCCN3CCCCC3)cc2)c2ccccc2-4)c1. The zero-order valence-corrected chi connectivity index (χ0v) is 21.0. The summed E-state index contributed by atoms with van der Waals surface area (Å²) in [5.41, 5.74) is 6.59. The largest absolute Gasteiger partial charge is 0.508 e. The van der Waals surface area contributed by atoms with Crippen molar-refractivity contribution in [3.63, 3.8) is 0 Å². The Hall–Kier alpha value is -3.82. The molecule has 1 heterocycles. The van der Waals surface area contributed by atoms with Crippen LogP contribution in [0.5, 0.6) is 11.5 Å². The van der Waals surface area contributed by atoms with Crippen LogP contribution in [-0.4, -0.2) is 36.2 Å². The number of phenolic OH excluding ortho intramolecular Hbond substituents is 1. The Morgan fingerprint density at radius 1 is 0.757 bits per heavy atom. The second-order valence-electron chi connectivity index (χ2n) is 10.4. The highest BCUT2D eigenvalue weighted by Gasteiger charge is 2.32. The van der Waals surface area contributed by atoms with Crippen LogP contribution < -0.4 is 4.74 Å². The van der Waals surface area contributed by atoms with E-state index in [9.17, 15) is 5.11 Å². The van der Waals surface area contributed by atoms with Crippen LogP contribution in [-0.2, 0) is 0 Å². The Labute approximate surface area is 217 Å². The molecule has 1 N–H and O–H groups in total. The maximum absolute atomic E-state index is 10.1. The van der Waals surface area contributed by atoms with Gasteiger partial charge in [-0.1, -0.05) is 73.2 Å². The van der Waals surface area contributed by atoms with E-state index in [1.807, 2.05) is 6.07 Å². The lowest BCUT2D eigenvalue weighted by molar-refractivity contribution is 0.183. The van der Waals surface area contributed by atoms with E-state index < -0.39 is 0 Å². The zero-order chi connectivity index (χ0) is 24.8. The molecule has 1 atom stereocenters. The maximum Gasteiger partial charge on any atom is 0.119 e. The summed E-state index contributed by atoms with van der Waals surface area (Å²) < 4.78 is 6.14. The van der Waals surface area contributed by atoms with Gasteiger partial charge in [-0.15, -0.1) is 0 Å². The second-order valence-corrected chi connectivity index (χ2v) is 10.4.